The minimum Gasteiger partial charge on any atom is -0.508 e. The molecule has 0 saturated carbocycles. The summed E-state index contributed by atoms with van der Waals surface area (Å²) in [5, 5.41) is 19.8. The molecule has 41 heavy (non-hydrogen) atoms. The number of rotatable bonds is 5. The number of sulfonamides is 1. The van der Waals surface area contributed by atoms with Crippen LogP contribution in [0.25, 0.3) is 27.8 Å². The summed E-state index contributed by atoms with van der Waals surface area (Å²) in [5.74, 6) is 0.480. The van der Waals surface area contributed by atoms with Gasteiger partial charge in [0.2, 0.25) is 10.0 Å². The maximum Gasteiger partial charge on any atom is 0.211 e. The molecule has 8 rings (SSSR count). The number of hydrogen-bond acceptors (Lipinski definition) is 10. The molecule has 0 spiro atoms. The SMILES string of the molecule is Cc1ccn2nc(Cn3nc(-c4cc(O)cc(F)c4)c4c(N)ncnc43)nc(N3C[C@@H]4CC[C@H]3CN4S(C)(=O)=O)c12. The van der Waals surface area contributed by atoms with Gasteiger partial charge in [0.1, 0.15) is 41.5 Å². The Morgan fingerprint density at radius 3 is 2.66 bits per heavy atom. The highest BCUT2D eigenvalue weighted by molar-refractivity contribution is 7.88. The van der Waals surface area contributed by atoms with Crippen LogP contribution in [0, 0.1) is 12.7 Å². The molecule has 3 aliphatic heterocycles. The van der Waals surface area contributed by atoms with E-state index in [4.69, 9.17) is 15.8 Å². The largest absolute Gasteiger partial charge is 0.508 e. The molecule has 0 unspecified atom stereocenters. The van der Waals surface area contributed by atoms with Crippen molar-refractivity contribution in [1.82, 2.24) is 38.7 Å². The number of nitrogens with two attached hydrogens (primary N) is 1. The van der Waals surface area contributed by atoms with Gasteiger partial charge in [-0.2, -0.15) is 14.5 Å². The summed E-state index contributed by atoms with van der Waals surface area (Å²) in [4.78, 5) is 15.7. The van der Waals surface area contributed by atoms with Gasteiger partial charge in [-0.25, -0.2) is 37.0 Å². The second-order valence-electron chi connectivity index (χ2n) is 10.7. The zero-order valence-electron chi connectivity index (χ0n) is 22.3. The van der Waals surface area contributed by atoms with E-state index in [-0.39, 0.29) is 30.2 Å². The van der Waals surface area contributed by atoms with Gasteiger partial charge < -0.3 is 15.7 Å². The van der Waals surface area contributed by atoms with Gasteiger partial charge in [0.15, 0.2) is 17.3 Å². The molecule has 5 aromatic rings. The third-order valence-corrected chi connectivity index (χ3v) is 9.22. The van der Waals surface area contributed by atoms with Crippen molar-refractivity contribution in [3.05, 3.63) is 54.0 Å². The molecular weight excluding hydrogens is 551 g/mol. The van der Waals surface area contributed by atoms with Gasteiger partial charge in [-0.15, -0.1) is 0 Å². The van der Waals surface area contributed by atoms with Crippen molar-refractivity contribution in [2.24, 2.45) is 0 Å². The summed E-state index contributed by atoms with van der Waals surface area (Å²) in [6.07, 6.45) is 6.13. The number of phenols is 1. The molecule has 15 heteroatoms. The van der Waals surface area contributed by atoms with E-state index < -0.39 is 15.8 Å². The average molecular weight is 579 g/mol. The molecule has 0 radical (unpaired) electrons. The van der Waals surface area contributed by atoms with Crippen LogP contribution in [0.5, 0.6) is 5.75 Å². The lowest BCUT2D eigenvalue weighted by atomic mass is 9.93. The van der Waals surface area contributed by atoms with Crippen LogP contribution in [-0.4, -0.2) is 83.6 Å². The van der Waals surface area contributed by atoms with Crippen LogP contribution in [0.4, 0.5) is 16.0 Å². The Morgan fingerprint density at radius 1 is 1.12 bits per heavy atom. The van der Waals surface area contributed by atoms with Gasteiger partial charge in [-0.05, 0) is 43.5 Å². The smallest absolute Gasteiger partial charge is 0.211 e. The van der Waals surface area contributed by atoms with E-state index in [0.29, 0.717) is 41.2 Å². The van der Waals surface area contributed by atoms with E-state index in [1.165, 1.54) is 24.7 Å². The minimum atomic E-state index is -3.31. The molecule has 3 fully saturated rings. The fraction of sp³-hybridized carbons (Fsp3) is 0.346. The fourth-order valence-corrected chi connectivity index (χ4v) is 7.27. The fourth-order valence-electron chi connectivity index (χ4n) is 6.11. The van der Waals surface area contributed by atoms with Gasteiger partial charge in [0, 0.05) is 43.0 Å². The van der Waals surface area contributed by atoms with Crippen LogP contribution in [-0.2, 0) is 16.6 Å². The monoisotopic (exact) mass is 578 g/mol. The lowest BCUT2D eigenvalue weighted by Crippen LogP contribution is -2.64. The number of aromatic nitrogens is 7. The van der Waals surface area contributed by atoms with Crippen LogP contribution >= 0.6 is 0 Å². The highest BCUT2D eigenvalue weighted by atomic mass is 32.2. The van der Waals surface area contributed by atoms with Crippen LogP contribution in [0.15, 0.2) is 36.8 Å². The number of halogens is 1. The molecule has 1 aromatic carbocycles. The Hall–Kier alpha value is -4.37. The predicted molar refractivity (Wildman–Crippen MR) is 149 cm³/mol. The first kappa shape index (κ1) is 25.6. The first-order chi connectivity index (χ1) is 19.6. The zero-order valence-corrected chi connectivity index (χ0v) is 23.1. The maximum absolute atomic E-state index is 14.2. The Kier molecular flexibility index (Phi) is 5.66. The Labute approximate surface area is 234 Å². The molecular formula is C26H27FN10O3S. The third kappa shape index (κ3) is 4.23. The second-order valence-corrected chi connectivity index (χ2v) is 12.6. The van der Waals surface area contributed by atoms with Crippen LogP contribution in [0.2, 0.25) is 0 Å². The van der Waals surface area contributed by atoms with Gasteiger partial charge in [-0.1, -0.05) is 0 Å². The molecule has 3 saturated heterocycles. The molecule has 212 valence electrons. The molecule has 13 nitrogen and oxygen atoms in total. The lowest BCUT2D eigenvalue weighted by molar-refractivity contribution is 0.180. The summed E-state index contributed by atoms with van der Waals surface area (Å²) in [6, 6.07) is 5.50. The summed E-state index contributed by atoms with van der Waals surface area (Å²) in [5.41, 5.74) is 9.12. The van der Waals surface area contributed by atoms with Gasteiger partial charge in [-0.3, -0.25) is 0 Å². The number of hydrogen-bond donors (Lipinski definition) is 2. The minimum absolute atomic E-state index is 0.0131. The van der Waals surface area contributed by atoms with E-state index in [1.54, 1.807) is 13.5 Å². The molecule has 3 aliphatic rings. The second kappa shape index (κ2) is 9.07. The molecule has 2 atom stereocenters. The number of nitrogen functional groups attached to an aromatic ring is 1. The molecule has 0 aliphatic carbocycles. The van der Waals surface area contributed by atoms with Crippen LogP contribution in [0.3, 0.4) is 0 Å². The van der Waals surface area contributed by atoms with E-state index >= 15 is 0 Å². The van der Waals surface area contributed by atoms with Crippen molar-refractivity contribution < 1.29 is 17.9 Å². The van der Waals surface area contributed by atoms with E-state index in [0.717, 1.165) is 35.8 Å². The quantitative estimate of drug-likeness (QED) is 0.315. The summed E-state index contributed by atoms with van der Waals surface area (Å²) >= 11 is 0. The number of benzene rings is 1. The summed E-state index contributed by atoms with van der Waals surface area (Å²) in [6.45, 7) is 3.06. The molecule has 0 amide bonds. The average Bonchev–Trinajstić information content (AvgIpc) is 3.49. The standard InChI is InChI=1S/C26H27FN10O3S/c1-14-5-6-35-23(14)26(34-10-18-4-3-17(34)11-37(18)41(2,39)40)31-20(32-35)12-36-25-21(24(28)29-13-30-25)22(33-36)15-7-16(27)9-19(38)8-15/h5-9,13,17-18,38H,3-4,10-12H2,1-2H3,(H2,28,29,30)/t17-,18-/m0/s1. The first-order valence-corrected chi connectivity index (χ1v) is 15.0. The van der Waals surface area contributed by atoms with Crippen molar-refractivity contribution >= 4 is 38.2 Å². The van der Waals surface area contributed by atoms with Crippen molar-refractivity contribution in [3.8, 4) is 17.0 Å². The van der Waals surface area contributed by atoms with Crippen LogP contribution in [0.1, 0.15) is 24.2 Å². The number of piperazine rings is 1. The van der Waals surface area contributed by atoms with Gasteiger partial charge in [0.05, 0.1) is 11.6 Å². The number of phenolic OH excluding ortho intramolecular Hbond substituents is 1. The summed E-state index contributed by atoms with van der Waals surface area (Å²) in [7, 11) is -3.31. The first-order valence-electron chi connectivity index (χ1n) is 13.1. The number of fused-ring (bicyclic) bond motifs is 5. The van der Waals surface area contributed by atoms with Crippen molar-refractivity contribution in [2.75, 3.05) is 30.0 Å². The summed E-state index contributed by atoms with van der Waals surface area (Å²) < 4.78 is 43.9. The highest BCUT2D eigenvalue weighted by Gasteiger charge is 2.44. The van der Waals surface area contributed by atoms with E-state index in [9.17, 15) is 17.9 Å². The Morgan fingerprint density at radius 2 is 1.93 bits per heavy atom. The van der Waals surface area contributed by atoms with E-state index in [1.807, 2.05) is 19.2 Å². The van der Waals surface area contributed by atoms with Crippen molar-refractivity contribution in [1.29, 1.82) is 0 Å². The molecule has 7 heterocycles. The third-order valence-electron chi connectivity index (χ3n) is 7.92. The highest BCUT2D eigenvalue weighted by Crippen LogP contribution is 2.36. The lowest BCUT2D eigenvalue weighted by Gasteiger charge is -2.50. The molecule has 2 bridgehead atoms. The molecule has 4 aromatic heterocycles. The van der Waals surface area contributed by atoms with Crippen molar-refractivity contribution in [2.45, 2.75) is 38.4 Å². The van der Waals surface area contributed by atoms with E-state index in [2.05, 4.69) is 20.0 Å². The Bertz CT molecular complexity index is 1940. The number of aryl methyl sites for hydroxylation is 1. The van der Waals surface area contributed by atoms with Crippen LogP contribution < -0.4 is 10.6 Å². The zero-order chi connectivity index (χ0) is 28.6. The number of aromatic hydroxyl groups is 1. The number of anilines is 2. The predicted octanol–water partition coefficient (Wildman–Crippen LogP) is 1.93. The number of nitrogens with zero attached hydrogens (tertiary/aromatic N) is 9. The number of piperidine rings is 2. The normalized spacial score (nSPS) is 19.5. The Balaban J connectivity index is 1.32. The topological polar surface area (TPSA) is 161 Å². The maximum atomic E-state index is 14.2. The van der Waals surface area contributed by atoms with Crippen molar-refractivity contribution in [3.63, 3.8) is 0 Å². The van der Waals surface area contributed by atoms with Gasteiger partial charge in [0.25, 0.3) is 0 Å². The van der Waals surface area contributed by atoms with Gasteiger partial charge >= 0.3 is 0 Å². The molecule has 3 N–H and O–H groups in total.